The zero-order valence-electron chi connectivity index (χ0n) is 11.8. The van der Waals surface area contributed by atoms with Crippen molar-refractivity contribution >= 4 is 11.6 Å². The standard InChI is InChI=1S/C15H23ClN2O/c1-17(11-13-7-3-4-9-18(13)2)10-12-6-5-8-14(19)15(12)16/h5-6,8,13,19H,3-4,7,9-11H2,1-2H3/t13-/m0/s1. The molecular formula is C15H23ClN2O. The third-order valence-electron chi connectivity index (χ3n) is 3.94. The summed E-state index contributed by atoms with van der Waals surface area (Å²) in [6, 6.07) is 6.08. The van der Waals surface area contributed by atoms with Gasteiger partial charge in [-0.1, -0.05) is 30.2 Å². The van der Waals surface area contributed by atoms with Crippen molar-refractivity contribution in [3.05, 3.63) is 28.8 Å². The molecule has 1 aromatic rings. The third-order valence-corrected chi connectivity index (χ3v) is 4.38. The highest BCUT2D eigenvalue weighted by Crippen LogP contribution is 2.27. The van der Waals surface area contributed by atoms with Crippen LogP contribution in [0.1, 0.15) is 24.8 Å². The monoisotopic (exact) mass is 282 g/mol. The summed E-state index contributed by atoms with van der Waals surface area (Å²) in [5.41, 5.74) is 0.989. The van der Waals surface area contributed by atoms with E-state index in [9.17, 15) is 5.11 Å². The van der Waals surface area contributed by atoms with Crippen LogP contribution in [-0.4, -0.2) is 48.1 Å². The van der Waals surface area contributed by atoms with Crippen LogP contribution >= 0.6 is 11.6 Å². The molecule has 0 unspecified atom stereocenters. The van der Waals surface area contributed by atoms with Gasteiger partial charge in [-0.25, -0.2) is 0 Å². The molecule has 19 heavy (non-hydrogen) atoms. The molecule has 3 nitrogen and oxygen atoms in total. The molecule has 106 valence electrons. The number of hydrogen-bond acceptors (Lipinski definition) is 3. The van der Waals surface area contributed by atoms with Gasteiger partial charge in [-0.3, -0.25) is 0 Å². The molecular weight excluding hydrogens is 260 g/mol. The van der Waals surface area contributed by atoms with Crippen LogP contribution in [0.25, 0.3) is 0 Å². The third kappa shape index (κ3) is 3.85. The predicted octanol–water partition coefficient (Wildman–Crippen LogP) is 2.96. The van der Waals surface area contributed by atoms with Crippen molar-refractivity contribution in [2.45, 2.75) is 31.8 Å². The van der Waals surface area contributed by atoms with E-state index in [-0.39, 0.29) is 5.75 Å². The van der Waals surface area contributed by atoms with Crippen LogP contribution in [0.15, 0.2) is 18.2 Å². The van der Waals surface area contributed by atoms with Crippen LogP contribution in [0, 0.1) is 0 Å². The summed E-state index contributed by atoms with van der Waals surface area (Å²) >= 11 is 6.12. The molecule has 4 heteroatoms. The molecule has 1 fully saturated rings. The van der Waals surface area contributed by atoms with Gasteiger partial charge >= 0.3 is 0 Å². The summed E-state index contributed by atoms with van der Waals surface area (Å²) in [6.07, 6.45) is 3.92. The molecule has 1 aliphatic rings. The van der Waals surface area contributed by atoms with E-state index in [2.05, 4.69) is 23.9 Å². The molecule has 1 aromatic carbocycles. The van der Waals surface area contributed by atoms with Crippen molar-refractivity contribution in [3.8, 4) is 5.75 Å². The highest BCUT2D eigenvalue weighted by molar-refractivity contribution is 6.32. The Hall–Kier alpha value is -0.770. The lowest BCUT2D eigenvalue weighted by atomic mass is 10.0. The largest absolute Gasteiger partial charge is 0.506 e. The maximum Gasteiger partial charge on any atom is 0.134 e. The number of piperidine rings is 1. The van der Waals surface area contributed by atoms with Gasteiger partial charge in [0.15, 0.2) is 0 Å². The second-order valence-corrected chi connectivity index (χ2v) is 5.96. The lowest BCUT2D eigenvalue weighted by molar-refractivity contribution is 0.138. The summed E-state index contributed by atoms with van der Waals surface area (Å²) in [4.78, 5) is 4.73. The minimum absolute atomic E-state index is 0.169. The minimum Gasteiger partial charge on any atom is -0.506 e. The molecule has 1 N–H and O–H groups in total. The number of likely N-dealkylation sites (N-methyl/N-ethyl adjacent to an activating group) is 2. The number of nitrogens with zero attached hydrogens (tertiary/aromatic N) is 2. The summed E-state index contributed by atoms with van der Waals surface area (Å²) < 4.78 is 0. The van der Waals surface area contributed by atoms with Crippen molar-refractivity contribution in [2.24, 2.45) is 0 Å². The first-order valence-electron chi connectivity index (χ1n) is 6.93. The fraction of sp³-hybridized carbons (Fsp3) is 0.600. The molecule has 0 spiro atoms. The fourth-order valence-electron chi connectivity index (χ4n) is 2.78. The number of phenols is 1. The second kappa shape index (κ2) is 6.60. The minimum atomic E-state index is 0.169. The van der Waals surface area contributed by atoms with Crippen molar-refractivity contribution in [2.75, 3.05) is 27.2 Å². The van der Waals surface area contributed by atoms with Gasteiger partial charge in [0.2, 0.25) is 0 Å². The maximum atomic E-state index is 9.62. The van der Waals surface area contributed by atoms with Gasteiger partial charge in [0.05, 0.1) is 5.02 Å². The topological polar surface area (TPSA) is 26.7 Å². The smallest absolute Gasteiger partial charge is 0.134 e. The van der Waals surface area contributed by atoms with Crippen molar-refractivity contribution in [1.29, 1.82) is 0 Å². The van der Waals surface area contributed by atoms with Gasteiger partial charge in [-0.05, 0) is 45.1 Å². The zero-order chi connectivity index (χ0) is 13.8. The van der Waals surface area contributed by atoms with Crippen LogP contribution < -0.4 is 0 Å². The lowest BCUT2D eigenvalue weighted by Gasteiger charge is -2.35. The Morgan fingerprint density at radius 1 is 1.42 bits per heavy atom. The van der Waals surface area contributed by atoms with Gasteiger partial charge in [-0.15, -0.1) is 0 Å². The fourth-order valence-corrected chi connectivity index (χ4v) is 2.96. The molecule has 0 bridgehead atoms. The molecule has 0 saturated carbocycles. The first-order chi connectivity index (χ1) is 9.08. The highest BCUT2D eigenvalue weighted by Gasteiger charge is 2.20. The number of likely N-dealkylation sites (tertiary alicyclic amines) is 1. The van der Waals surface area contributed by atoms with Crippen molar-refractivity contribution in [3.63, 3.8) is 0 Å². The molecule has 0 amide bonds. The second-order valence-electron chi connectivity index (χ2n) is 5.58. The van der Waals surface area contributed by atoms with E-state index < -0.39 is 0 Å². The lowest BCUT2D eigenvalue weighted by Crippen LogP contribution is -2.43. The SMILES string of the molecule is CN(Cc1cccc(O)c1Cl)C[C@@H]1CCCCN1C. The summed E-state index contributed by atoms with van der Waals surface area (Å²) in [7, 11) is 4.32. The Labute approximate surface area is 120 Å². The summed E-state index contributed by atoms with van der Waals surface area (Å²) in [5, 5.41) is 10.1. The predicted molar refractivity (Wildman–Crippen MR) is 79.7 cm³/mol. The van der Waals surface area contributed by atoms with Gasteiger partial charge in [-0.2, -0.15) is 0 Å². The maximum absolute atomic E-state index is 9.62. The zero-order valence-corrected chi connectivity index (χ0v) is 12.5. The van der Waals surface area contributed by atoms with E-state index in [0.29, 0.717) is 11.1 Å². The summed E-state index contributed by atoms with van der Waals surface area (Å²) in [6.45, 7) is 3.02. The van der Waals surface area contributed by atoms with E-state index in [0.717, 1.165) is 18.7 Å². The number of hydrogen-bond donors (Lipinski definition) is 1. The molecule has 0 aliphatic carbocycles. The highest BCUT2D eigenvalue weighted by atomic mass is 35.5. The van der Waals surface area contributed by atoms with Crippen LogP contribution in [0.5, 0.6) is 5.75 Å². The Balaban J connectivity index is 1.93. The van der Waals surface area contributed by atoms with Crippen molar-refractivity contribution < 1.29 is 5.11 Å². The van der Waals surface area contributed by atoms with Gasteiger partial charge in [0.25, 0.3) is 0 Å². The number of benzene rings is 1. The van der Waals surface area contributed by atoms with Gasteiger partial charge < -0.3 is 14.9 Å². The van der Waals surface area contributed by atoms with Gasteiger partial charge in [0, 0.05) is 19.1 Å². The number of rotatable bonds is 4. The quantitative estimate of drug-likeness (QED) is 0.920. The van der Waals surface area contributed by atoms with E-state index >= 15 is 0 Å². The van der Waals surface area contributed by atoms with Gasteiger partial charge in [0.1, 0.15) is 5.75 Å². The van der Waals surface area contributed by atoms with Crippen molar-refractivity contribution in [1.82, 2.24) is 9.80 Å². The molecule has 2 rings (SSSR count). The van der Waals surface area contributed by atoms with E-state index in [1.54, 1.807) is 6.07 Å². The Kier molecular flexibility index (Phi) is 5.08. The summed E-state index contributed by atoms with van der Waals surface area (Å²) in [5.74, 6) is 0.169. The number of phenolic OH excluding ortho intramolecular Hbond substituents is 1. The van der Waals surface area contributed by atoms with E-state index in [1.165, 1.54) is 25.8 Å². The first kappa shape index (κ1) is 14.6. The van der Waals surface area contributed by atoms with E-state index in [4.69, 9.17) is 11.6 Å². The molecule has 0 aromatic heterocycles. The van der Waals surface area contributed by atoms with Crippen LogP contribution in [0.4, 0.5) is 0 Å². The van der Waals surface area contributed by atoms with Crippen LogP contribution in [0.2, 0.25) is 5.02 Å². The van der Waals surface area contributed by atoms with Crippen LogP contribution in [-0.2, 0) is 6.54 Å². The Morgan fingerprint density at radius 3 is 2.95 bits per heavy atom. The normalized spacial score (nSPS) is 20.9. The molecule has 1 saturated heterocycles. The number of halogens is 1. The molecule has 0 radical (unpaired) electrons. The Bertz CT molecular complexity index is 425. The van der Waals surface area contributed by atoms with Crippen LogP contribution in [0.3, 0.4) is 0 Å². The number of aromatic hydroxyl groups is 1. The average Bonchev–Trinajstić information content (AvgIpc) is 2.38. The van der Waals surface area contributed by atoms with E-state index in [1.807, 2.05) is 12.1 Å². The average molecular weight is 283 g/mol. The molecule has 1 aliphatic heterocycles. The molecule has 1 heterocycles. The molecule has 1 atom stereocenters. The first-order valence-corrected chi connectivity index (χ1v) is 7.31. The Morgan fingerprint density at radius 2 is 2.21 bits per heavy atom.